The monoisotopic (exact) mass is 675 g/mol. The van der Waals surface area contributed by atoms with Gasteiger partial charge >= 0.3 is 6.09 Å². The number of nitrogens with zero attached hydrogens (tertiary/aromatic N) is 8. The number of anilines is 3. The van der Waals surface area contributed by atoms with Gasteiger partial charge in [-0.05, 0) is 85.9 Å². The van der Waals surface area contributed by atoms with Gasteiger partial charge in [-0.3, -0.25) is 4.90 Å². The van der Waals surface area contributed by atoms with Gasteiger partial charge in [0, 0.05) is 37.6 Å². The number of aromatic nitrogens is 6. The summed E-state index contributed by atoms with van der Waals surface area (Å²) < 4.78 is 14.2. The molecular formula is C31H34BrN9O4. The zero-order valence-electron chi connectivity index (χ0n) is 25.7. The number of aryl methyl sites for hydroxylation is 2. The molecule has 0 unspecified atom stereocenters. The van der Waals surface area contributed by atoms with Crippen molar-refractivity contribution >= 4 is 56.0 Å². The standard InChI is InChI=1S/C31H34BrN9O4/c1-18-11-25(44-21-6-7-41-26(12-21)34-17-36-41)19(2)10-23(18)37-28-27-24(33-16-35-28)13-22(32)29(38-27)39-8-9-40(20(14-39)15-42)30(43)45-31(3,4)5/h6-7,10-13,16-17,20,42H,8-9,14-15H2,1-5H3,(H,33,35,37)/t20-/m0/s1. The highest BCUT2D eigenvalue weighted by molar-refractivity contribution is 9.10. The number of nitrogens with one attached hydrogen (secondary N) is 1. The van der Waals surface area contributed by atoms with Crippen molar-refractivity contribution < 1.29 is 19.4 Å². The van der Waals surface area contributed by atoms with Crippen LogP contribution in [0.3, 0.4) is 0 Å². The minimum atomic E-state index is -0.627. The van der Waals surface area contributed by atoms with Crippen molar-refractivity contribution in [1.82, 2.24) is 34.4 Å². The predicted molar refractivity (Wildman–Crippen MR) is 173 cm³/mol. The molecule has 1 fully saturated rings. The second kappa shape index (κ2) is 12.1. The minimum absolute atomic E-state index is 0.204. The molecule has 45 heavy (non-hydrogen) atoms. The summed E-state index contributed by atoms with van der Waals surface area (Å²) in [5.74, 6) is 2.61. The van der Waals surface area contributed by atoms with Crippen LogP contribution in [0.2, 0.25) is 0 Å². The fourth-order valence-corrected chi connectivity index (χ4v) is 5.74. The van der Waals surface area contributed by atoms with E-state index in [4.69, 9.17) is 14.5 Å². The van der Waals surface area contributed by atoms with Gasteiger partial charge in [0.05, 0.1) is 22.6 Å². The summed E-state index contributed by atoms with van der Waals surface area (Å²) in [7, 11) is 0. The van der Waals surface area contributed by atoms with Crippen LogP contribution >= 0.6 is 15.9 Å². The highest BCUT2D eigenvalue weighted by Crippen LogP contribution is 2.35. The van der Waals surface area contributed by atoms with Gasteiger partial charge < -0.3 is 24.8 Å². The van der Waals surface area contributed by atoms with Gasteiger partial charge in [0.1, 0.15) is 41.1 Å². The summed E-state index contributed by atoms with van der Waals surface area (Å²) in [4.78, 5) is 34.6. The SMILES string of the molecule is Cc1cc(Oc2ccn3ncnc3c2)c(C)cc1Nc1ncnc2cc(Br)c(N3CCN(C(=O)OC(C)(C)C)[C@H](CO)C3)nc12. The van der Waals surface area contributed by atoms with Crippen molar-refractivity contribution in [3.63, 3.8) is 0 Å². The number of aliphatic hydroxyl groups is 1. The first kappa shape index (κ1) is 30.5. The van der Waals surface area contributed by atoms with Crippen LogP contribution in [0.15, 0.2) is 53.7 Å². The number of pyridine rings is 2. The number of rotatable bonds is 6. The molecule has 0 aliphatic carbocycles. The van der Waals surface area contributed by atoms with Crippen molar-refractivity contribution in [1.29, 1.82) is 0 Å². The highest BCUT2D eigenvalue weighted by Gasteiger charge is 2.34. The Bertz CT molecular complexity index is 1890. The molecule has 5 heterocycles. The molecule has 1 aliphatic rings. The lowest BCUT2D eigenvalue weighted by Gasteiger charge is -2.41. The van der Waals surface area contributed by atoms with Gasteiger partial charge in [-0.25, -0.2) is 29.2 Å². The third-order valence-corrected chi connectivity index (χ3v) is 8.00. The van der Waals surface area contributed by atoms with E-state index >= 15 is 0 Å². The molecule has 2 N–H and O–H groups in total. The van der Waals surface area contributed by atoms with Gasteiger partial charge in [-0.15, -0.1) is 0 Å². The number of benzene rings is 1. The molecule has 234 valence electrons. The topological polar surface area (TPSA) is 143 Å². The molecule has 13 nitrogen and oxygen atoms in total. The van der Waals surface area contributed by atoms with Crippen LogP contribution in [-0.4, -0.2) is 83.5 Å². The molecule has 1 atom stereocenters. The first-order valence-electron chi connectivity index (χ1n) is 14.5. The van der Waals surface area contributed by atoms with E-state index in [0.29, 0.717) is 53.7 Å². The van der Waals surface area contributed by atoms with Crippen molar-refractivity contribution in [3.05, 3.63) is 64.8 Å². The molecule has 1 aliphatic heterocycles. The van der Waals surface area contributed by atoms with E-state index in [9.17, 15) is 9.90 Å². The van der Waals surface area contributed by atoms with Crippen LogP contribution in [0.4, 0.5) is 22.1 Å². The zero-order chi connectivity index (χ0) is 31.9. The predicted octanol–water partition coefficient (Wildman–Crippen LogP) is 5.40. The number of carbonyl (C=O) groups is 1. The van der Waals surface area contributed by atoms with E-state index in [0.717, 1.165) is 27.0 Å². The average molecular weight is 677 g/mol. The van der Waals surface area contributed by atoms with Crippen LogP contribution in [0.25, 0.3) is 16.7 Å². The third kappa shape index (κ3) is 6.47. The van der Waals surface area contributed by atoms with Gasteiger partial charge in [0.15, 0.2) is 11.5 Å². The fraction of sp³-hybridized carbons (Fsp3) is 0.355. The average Bonchev–Trinajstić information content (AvgIpc) is 3.46. The molecule has 0 spiro atoms. The lowest BCUT2D eigenvalue weighted by molar-refractivity contribution is 0.00698. The minimum Gasteiger partial charge on any atom is -0.457 e. The van der Waals surface area contributed by atoms with Crippen molar-refractivity contribution in [2.45, 2.75) is 46.3 Å². The lowest BCUT2D eigenvalue weighted by atomic mass is 10.1. The first-order valence-corrected chi connectivity index (χ1v) is 15.3. The Morgan fingerprint density at radius 1 is 1.09 bits per heavy atom. The van der Waals surface area contributed by atoms with E-state index in [1.807, 2.05) is 69.9 Å². The van der Waals surface area contributed by atoms with Crippen molar-refractivity contribution in [2.24, 2.45) is 0 Å². The Balaban J connectivity index is 1.25. The molecule has 0 bridgehead atoms. The van der Waals surface area contributed by atoms with Gasteiger partial charge in [-0.2, -0.15) is 5.10 Å². The van der Waals surface area contributed by atoms with Gasteiger partial charge in [-0.1, -0.05) is 0 Å². The smallest absolute Gasteiger partial charge is 0.410 e. The molecule has 14 heteroatoms. The van der Waals surface area contributed by atoms with E-state index < -0.39 is 17.7 Å². The maximum Gasteiger partial charge on any atom is 0.410 e. The second-order valence-electron chi connectivity index (χ2n) is 11.9. The molecule has 4 aromatic heterocycles. The van der Waals surface area contributed by atoms with Crippen LogP contribution < -0.4 is 15.0 Å². The normalized spacial score (nSPS) is 15.5. The van der Waals surface area contributed by atoms with E-state index in [1.165, 1.54) is 12.7 Å². The maximum absolute atomic E-state index is 12.8. The van der Waals surface area contributed by atoms with E-state index in [1.54, 1.807) is 15.6 Å². The molecule has 1 amide bonds. The summed E-state index contributed by atoms with van der Waals surface area (Å²) in [6.45, 7) is 10.5. The van der Waals surface area contributed by atoms with Crippen LogP contribution in [-0.2, 0) is 4.74 Å². The second-order valence-corrected chi connectivity index (χ2v) is 12.8. The van der Waals surface area contributed by atoms with Crippen LogP contribution in [0.5, 0.6) is 11.5 Å². The van der Waals surface area contributed by atoms with E-state index in [2.05, 4.69) is 41.3 Å². The Morgan fingerprint density at radius 3 is 2.69 bits per heavy atom. The van der Waals surface area contributed by atoms with Crippen molar-refractivity contribution in [2.75, 3.05) is 36.5 Å². The Labute approximate surface area is 268 Å². The molecular weight excluding hydrogens is 642 g/mol. The van der Waals surface area contributed by atoms with Crippen molar-refractivity contribution in [3.8, 4) is 11.5 Å². The molecule has 1 aromatic carbocycles. The number of aliphatic hydroxyl groups excluding tert-OH is 1. The summed E-state index contributed by atoms with van der Waals surface area (Å²) >= 11 is 3.66. The number of hydrogen-bond donors (Lipinski definition) is 2. The lowest BCUT2D eigenvalue weighted by Crippen LogP contribution is -2.57. The van der Waals surface area contributed by atoms with Gasteiger partial charge in [0.2, 0.25) is 0 Å². The Kier molecular flexibility index (Phi) is 8.18. The summed E-state index contributed by atoms with van der Waals surface area (Å²) in [5.41, 5.74) is 4.05. The number of halogens is 1. The number of ether oxygens (including phenoxy) is 2. The molecule has 1 saturated heterocycles. The highest BCUT2D eigenvalue weighted by atomic mass is 79.9. The Hall–Kier alpha value is -4.56. The number of carbonyl (C=O) groups excluding carboxylic acids is 1. The third-order valence-electron chi connectivity index (χ3n) is 7.42. The Morgan fingerprint density at radius 2 is 1.91 bits per heavy atom. The van der Waals surface area contributed by atoms with Crippen LogP contribution in [0, 0.1) is 13.8 Å². The molecule has 6 rings (SSSR count). The summed E-state index contributed by atoms with van der Waals surface area (Å²) in [6.07, 6.45) is 4.37. The molecule has 0 saturated carbocycles. The van der Waals surface area contributed by atoms with E-state index in [-0.39, 0.29) is 6.61 Å². The van der Waals surface area contributed by atoms with Crippen LogP contribution in [0.1, 0.15) is 31.9 Å². The number of fused-ring (bicyclic) bond motifs is 2. The first-order chi connectivity index (χ1) is 21.5. The maximum atomic E-state index is 12.8. The fourth-order valence-electron chi connectivity index (χ4n) is 5.18. The zero-order valence-corrected chi connectivity index (χ0v) is 27.2. The number of piperazine rings is 1. The molecule has 0 radical (unpaired) electrons. The number of hydrogen-bond acceptors (Lipinski definition) is 11. The van der Waals surface area contributed by atoms with Gasteiger partial charge in [0.25, 0.3) is 0 Å². The largest absolute Gasteiger partial charge is 0.457 e. The summed E-state index contributed by atoms with van der Waals surface area (Å²) in [6, 6.07) is 9.12. The quantitative estimate of drug-likeness (QED) is 0.239. The molecule has 5 aromatic rings. The summed E-state index contributed by atoms with van der Waals surface area (Å²) in [5, 5.41) is 17.7. The number of amides is 1.